The Hall–Kier alpha value is -1.71. The van der Waals surface area contributed by atoms with Gasteiger partial charge in [0.25, 0.3) is 0 Å². The molecule has 0 radical (unpaired) electrons. The number of nitrogen functional groups attached to an aromatic ring is 1. The topological polar surface area (TPSA) is 44.5 Å². The lowest BCUT2D eigenvalue weighted by molar-refractivity contribution is 0.124. The summed E-state index contributed by atoms with van der Waals surface area (Å²) in [4.78, 5) is 0. The van der Waals surface area contributed by atoms with Crippen LogP contribution in [0.25, 0.3) is 0 Å². The van der Waals surface area contributed by atoms with Gasteiger partial charge in [0.05, 0.1) is 31.0 Å². The average molecular weight is 292 g/mol. The Morgan fingerprint density at radius 2 is 1.90 bits per heavy atom. The third kappa shape index (κ3) is 3.89. The van der Waals surface area contributed by atoms with E-state index in [0.29, 0.717) is 36.1 Å². The number of benzene rings is 2. The predicted octanol–water partition coefficient (Wildman–Crippen LogP) is 3.69. The predicted molar refractivity (Wildman–Crippen MR) is 82.2 cm³/mol. The molecule has 0 aliphatic heterocycles. The van der Waals surface area contributed by atoms with E-state index in [2.05, 4.69) is 0 Å². The lowest BCUT2D eigenvalue weighted by atomic mass is 10.1. The highest BCUT2D eigenvalue weighted by Crippen LogP contribution is 2.29. The van der Waals surface area contributed by atoms with Gasteiger partial charge in [-0.05, 0) is 23.6 Å². The van der Waals surface area contributed by atoms with Crippen LogP contribution < -0.4 is 10.5 Å². The maximum Gasteiger partial charge on any atom is 0.121 e. The summed E-state index contributed by atoms with van der Waals surface area (Å²) in [6.07, 6.45) is 0.701. The van der Waals surface area contributed by atoms with Crippen LogP contribution in [0, 0.1) is 0 Å². The molecule has 0 saturated carbocycles. The molecule has 0 amide bonds. The molecule has 0 bridgehead atoms. The van der Waals surface area contributed by atoms with E-state index in [4.69, 9.17) is 26.8 Å². The second-order valence-corrected chi connectivity index (χ2v) is 4.86. The maximum absolute atomic E-state index is 6.18. The minimum atomic E-state index is 0.532. The van der Waals surface area contributed by atoms with Gasteiger partial charge in [-0.15, -0.1) is 0 Å². The lowest BCUT2D eigenvalue weighted by Gasteiger charge is -2.10. The molecule has 20 heavy (non-hydrogen) atoms. The monoisotopic (exact) mass is 291 g/mol. The summed E-state index contributed by atoms with van der Waals surface area (Å²) in [5, 5.41) is 0.578. The van der Waals surface area contributed by atoms with E-state index in [1.807, 2.05) is 36.4 Å². The number of methoxy groups -OCH3 is 1. The first-order valence-corrected chi connectivity index (χ1v) is 6.82. The van der Waals surface area contributed by atoms with Crippen LogP contribution in [0.1, 0.15) is 11.1 Å². The normalized spacial score (nSPS) is 10.5. The van der Waals surface area contributed by atoms with E-state index in [9.17, 15) is 0 Å². The van der Waals surface area contributed by atoms with Crippen molar-refractivity contribution in [2.45, 2.75) is 13.0 Å². The molecule has 0 aliphatic rings. The molecule has 0 aliphatic carbocycles. The molecule has 2 rings (SSSR count). The molecule has 0 saturated heterocycles. The van der Waals surface area contributed by atoms with Crippen molar-refractivity contribution in [3.05, 3.63) is 58.6 Å². The van der Waals surface area contributed by atoms with Gasteiger partial charge in [0.2, 0.25) is 0 Å². The molecule has 3 nitrogen and oxygen atoms in total. The number of anilines is 1. The van der Waals surface area contributed by atoms with Gasteiger partial charge in [0, 0.05) is 6.07 Å². The zero-order valence-electron chi connectivity index (χ0n) is 11.4. The van der Waals surface area contributed by atoms with Crippen LogP contribution in [-0.2, 0) is 17.8 Å². The molecule has 0 unspecified atom stereocenters. The zero-order valence-corrected chi connectivity index (χ0v) is 12.2. The van der Waals surface area contributed by atoms with Crippen LogP contribution in [-0.4, -0.2) is 13.7 Å². The Labute approximate surface area is 124 Å². The molecule has 0 spiro atoms. The lowest BCUT2D eigenvalue weighted by Crippen LogP contribution is -2.01. The van der Waals surface area contributed by atoms with Crippen molar-refractivity contribution in [1.82, 2.24) is 0 Å². The van der Waals surface area contributed by atoms with Crippen LogP contribution in [0.4, 0.5) is 5.69 Å². The van der Waals surface area contributed by atoms with Crippen LogP contribution in [0.5, 0.6) is 5.75 Å². The zero-order chi connectivity index (χ0) is 14.4. The van der Waals surface area contributed by atoms with Gasteiger partial charge in [0.1, 0.15) is 5.75 Å². The Balaban J connectivity index is 1.89. The van der Waals surface area contributed by atoms with Crippen LogP contribution in [0.2, 0.25) is 5.02 Å². The fraction of sp³-hybridized carbons (Fsp3) is 0.250. The van der Waals surface area contributed by atoms with Gasteiger partial charge in [-0.3, -0.25) is 0 Å². The van der Waals surface area contributed by atoms with Crippen LogP contribution in [0.15, 0.2) is 42.5 Å². The van der Waals surface area contributed by atoms with Gasteiger partial charge < -0.3 is 15.2 Å². The minimum Gasteiger partial charge on any atom is -0.497 e. The molecule has 2 aromatic rings. The largest absolute Gasteiger partial charge is 0.497 e. The highest BCUT2D eigenvalue weighted by atomic mass is 35.5. The fourth-order valence-electron chi connectivity index (χ4n) is 1.92. The van der Waals surface area contributed by atoms with E-state index < -0.39 is 0 Å². The quantitative estimate of drug-likeness (QED) is 0.652. The highest BCUT2D eigenvalue weighted by Gasteiger charge is 2.07. The Kier molecular flexibility index (Phi) is 5.27. The highest BCUT2D eigenvalue weighted by molar-refractivity contribution is 6.33. The summed E-state index contributed by atoms with van der Waals surface area (Å²) in [7, 11) is 1.61. The number of ether oxygens (including phenoxy) is 2. The van der Waals surface area contributed by atoms with Crippen molar-refractivity contribution in [1.29, 1.82) is 0 Å². The first-order valence-electron chi connectivity index (χ1n) is 6.44. The van der Waals surface area contributed by atoms with Crippen LogP contribution in [0.3, 0.4) is 0 Å². The number of hydrogen-bond donors (Lipinski definition) is 1. The standard InChI is InChI=1S/C16H18ClNO2/c1-19-14-9-13(16(17)15(18)10-14)7-8-20-11-12-5-3-2-4-6-12/h2-6,9-10H,7-8,11,18H2,1H3. The first kappa shape index (κ1) is 14.7. The Bertz CT molecular complexity index is 558. The van der Waals surface area contributed by atoms with Crippen molar-refractivity contribution in [2.24, 2.45) is 0 Å². The van der Waals surface area contributed by atoms with E-state index in [1.54, 1.807) is 13.2 Å². The van der Waals surface area contributed by atoms with Crippen LogP contribution >= 0.6 is 11.6 Å². The SMILES string of the molecule is COc1cc(N)c(Cl)c(CCOCc2ccccc2)c1. The summed E-state index contributed by atoms with van der Waals surface area (Å²) < 4.78 is 10.8. The maximum atomic E-state index is 6.18. The van der Waals surface area contributed by atoms with E-state index in [1.165, 1.54) is 0 Å². The second kappa shape index (κ2) is 7.17. The van der Waals surface area contributed by atoms with Crippen molar-refractivity contribution < 1.29 is 9.47 Å². The van der Waals surface area contributed by atoms with Gasteiger partial charge in [0.15, 0.2) is 0 Å². The summed E-state index contributed by atoms with van der Waals surface area (Å²) in [5.41, 5.74) is 8.47. The molecular weight excluding hydrogens is 274 g/mol. The van der Waals surface area contributed by atoms with Gasteiger partial charge in [-0.1, -0.05) is 41.9 Å². The Morgan fingerprint density at radius 1 is 1.15 bits per heavy atom. The second-order valence-electron chi connectivity index (χ2n) is 4.48. The van der Waals surface area contributed by atoms with Crippen molar-refractivity contribution >= 4 is 17.3 Å². The van der Waals surface area contributed by atoms with Gasteiger partial charge in [-0.25, -0.2) is 0 Å². The number of nitrogens with two attached hydrogens (primary N) is 1. The van der Waals surface area contributed by atoms with Gasteiger partial charge >= 0.3 is 0 Å². The third-order valence-corrected chi connectivity index (χ3v) is 3.47. The summed E-state index contributed by atoms with van der Waals surface area (Å²) in [6.45, 7) is 1.18. The van der Waals surface area contributed by atoms with Gasteiger partial charge in [-0.2, -0.15) is 0 Å². The summed E-state index contributed by atoms with van der Waals surface area (Å²) >= 11 is 6.18. The van der Waals surface area contributed by atoms with E-state index in [0.717, 1.165) is 11.1 Å². The summed E-state index contributed by atoms with van der Waals surface area (Å²) in [6, 6.07) is 13.7. The third-order valence-electron chi connectivity index (χ3n) is 3.01. The number of hydrogen-bond acceptors (Lipinski definition) is 3. The average Bonchev–Trinajstić information content (AvgIpc) is 2.48. The minimum absolute atomic E-state index is 0.532. The van der Waals surface area contributed by atoms with E-state index >= 15 is 0 Å². The molecule has 2 N–H and O–H groups in total. The molecule has 0 atom stereocenters. The molecular formula is C16H18ClNO2. The molecule has 0 heterocycles. The summed E-state index contributed by atoms with van der Waals surface area (Å²) in [5.74, 6) is 0.713. The molecule has 0 aromatic heterocycles. The van der Waals surface area contributed by atoms with Crippen molar-refractivity contribution in [3.8, 4) is 5.75 Å². The first-order chi connectivity index (χ1) is 9.70. The smallest absolute Gasteiger partial charge is 0.121 e. The molecule has 106 valence electrons. The molecule has 0 fully saturated rings. The number of rotatable bonds is 6. The van der Waals surface area contributed by atoms with E-state index in [-0.39, 0.29) is 0 Å². The van der Waals surface area contributed by atoms with Crippen molar-refractivity contribution in [3.63, 3.8) is 0 Å². The fourth-order valence-corrected chi connectivity index (χ4v) is 2.13. The van der Waals surface area contributed by atoms with Crippen molar-refractivity contribution in [2.75, 3.05) is 19.5 Å². The number of halogens is 1. The molecule has 2 aromatic carbocycles. The Morgan fingerprint density at radius 3 is 2.60 bits per heavy atom. The molecule has 4 heteroatoms.